The number of hydrogen-bond donors (Lipinski definition) is 1. The summed E-state index contributed by atoms with van der Waals surface area (Å²) in [5.41, 5.74) is 4.72. The summed E-state index contributed by atoms with van der Waals surface area (Å²) in [6.45, 7) is 13.0. The number of furan rings is 1. The molecule has 0 radical (unpaired) electrons. The van der Waals surface area contributed by atoms with Crippen LogP contribution in [0.5, 0.6) is 5.75 Å². The molecule has 4 aromatic rings. The Morgan fingerprint density at radius 1 is 0.781 bits per heavy atom. The molecule has 4 rings (SSSR count). The molecule has 3 nitrogen and oxygen atoms in total. The first-order valence-electron chi connectivity index (χ1n) is 11.0. The number of hydrogen-bond acceptors (Lipinski definition) is 3. The van der Waals surface area contributed by atoms with Gasteiger partial charge in [-0.2, -0.15) is 0 Å². The molecule has 3 aromatic carbocycles. The van der Waals surface area contributed by atoms with Crippen LogP contribution in [0.25, 0.3) is 22.3 Å². The molecule has 0 amide bonds. The van der Waals surface area contributed by atoms with E-state index in [-0.39, 0.29) is 22.4 Å². The van der Waals surface area contributed by atoms with Gasteiger partial charge in [0.25, 0.3) is 0 Å². The molecule has 0 saturated heterocycles. The van der Waals surface area contributed by atoms with Gasteiger partial charge in [0.1, 0.15) is 17.1 Å². The van der Waals surface area contributed by atoms with Gasteiger partial charge in [-0.15, -0.1) is 0 Å². The Morgan fingerprint density at radius 3 is 1.91 bits per heavy atom. The fourth-order valence-electron chi connectivity index (χ4n) is 3.86. The maximum Gasteiger partial charge on any atom is 0.197 e. The first-order valence-corrected chi connectivity index (χ1v) is 11.0. The Morgan fingerprint density at radius 2 is 1.34 bits per heavy atom. The number of phenols is 1. The van der Waals surface area contributed by atoms with Crippen LogP contribution in [-0.4, -0.2) is 10.9 Å². The third kappa shape index (κ3) is 4.08. The van der Waals surface area contributed by atoms with Gasteiger partial charge in [0, 0.05) is 16.5 Å². The number of benzene rings is 3. The summed E-state index contributed by atoms with van der Waals surface area (Å²) in [4.78, 5) is 14.0. The van der Waals surface area contributed by atoms with Crippen molar-refractivity contribution in [2.45, 2.75) is 52.4 Å². The second-order valence-electron chi connectivity index (χ2n) is 10.5. The van der Waals surface area contributed by atoms with Crippen LogP contribution in [0.15, 0.2) is 71.1 Å². The van der Waals surface area contributed by atoms with Crippen molar-refractivity contribution < 1.29 is 14.3 Å². The fourth-order valence-corrected chi connectivity index (χ4v) is 3.86. The quantitative estimate of drug-likeness (QED) is 0.343. The molecule has 0 saturated carbocycles. The van der Waals surface area contributed by atoms with Gasteiger partial charge in [-0.1, -0.05) is 65.8 Å². The molecule has 0 fully saturated rings. The minimum Gasteiger partial charge on any atom is -0.508 e. The van der Waals surface area contributed by atoms with Gasteiger partial charge in [-0.25, -0.2) is 0 Å². The normalized spacial score (nSPS) is 12.3. The molecule has 0 unspecified atom stereocenters. The highest BCUT2D eigenvalue weighted by molar-refractivity contribution is 6.19. The Bertz CT molecular complexity index is 1260. The molecule has 164 valence electrons. The second kappa shape index (κ2) is 7.67. The summed E-state index contributed by atoms with van der Waals surface area (Å²) in [7, 11) is 0. The highest BCUT2D eigenvalue weighted by atomic mass is 16.3. The van der Waals surface area contributed by atoms with E-state index in [0.717, 1.165) is 22.1 Å². The van der Waals surface area contributed by atoms with E-state index in [0.29, 0.717) is 22.5 Å². The molecular weight excluding hydrogens is 396 g/mol. The molecule has 0 atom stereocenters. The number of rotatable bonds is 3. The van der Waals surface area contributed by atoms with Crippen LogP contribution in [-0.2, 0) is 10.8 Å². The van der Waals surface area contributed by atoms with E-state index in [1.165, 1.54) is 0 Å². The van der Waals surface area contributed by atoms with E-state index in [1.807, 2.05) is 36.4 Å². The lowest BCUT2D eigenvalue weighted by atomic mass is 9.78. The molecule has 0 spiro atoms. The molecule has 32 heavy (non-hydrogen) atoms. The summed E-state index contributed by atoms with van der Waals surface area (Å²) < 4.78 is 6.16. The summed E-state index contributed by atoms with van der Waals surface area (Å²) in [6, 6.07) is 20.6. The lowest BCUT2D eigenvalue weighted by Gasteiger charge is -2.26. The average molecular weight is 427 g/mol. The Kier molecular flexibility index (Phi) is 5.24. The van der Waals surface area contributed by atoms with Crippen molar-refractivity contribution in [2.75, 3.05) is 0 Å². The zero-order valence-electron chi connectivity index (χ0n) is 19.6. The molecule has 0 aliphatic heterocycles. The van der Waals surface area contributed by atoms with Gasteiger partial charge in [-0.3, -0.25) is 4.79 Å². The SMILES string of the molecule is CC(C)(C)c1cc(C(=O)c2c(-c3ccc(O)cc3)oc3ccccc23)cc(C(C)(C)C)c1. The smallest absolute Gasteiger partial charge is 0.197 e. The number of phenolic OH excluding ortho intramolecular Hbond substituents is 1. The maximum absolute atomic E-state index is 14.0. The van der Waals surface area contributed by atoms with Gasteiger partial charge in [0.2, 0.25) is 0 Å². The van der Waals surface area contributed by atoms with Crippen LogP contribution in [0.1, 0.15) is 68.6 Å². The third-order valence-corrected chi connectivity index (χ3v) is 5.88. The number of ketones is 1. The number of carbonyl (C=O) groups excluding carboxylic acids is 1. The molecule has 1 N–H and O–H groups in total. The van der Waals surface area contributed by atoms with Crippen LogP contribution in [0.4, 0.5) is 0 Å². The van der Waals surface area contributed by atoms with Crippen molar-refractivity contribution in [2.24, 2.45) is 0 Å². The predicted molar refractivity (Wildman–Crippen MR) is 131 cm³/mol. The lowest BCUT2D eigenvalue weighted by Crippen LogP contribution is -2.18. The molecule has 0 aliphatic rings. The molecule has 0 aliphatic carbocycles. The molecule has 3 heteroatoms. The van der Waals surface area contributed by atoms with Crippen LogP contribution in [0.2, 0.25) is 0 Å². The average Bonchev–Trinajstić information content (AvgIpc) is 3.11. The molecule has 1 aromatic heterocycles. The summed E-state index contributed by atoms with van der Waals surface area (Å²) in [6.07, 6.45) is 0. The Labute approximate surface area is 189 Å². The van der Waals surface area contributed by atoms with Crippen LogP contribution >= 0.6 is 0 Å². The standard InChI is InChI=1S/C29H30O3/c1-28(2,3)20-15-19(16-21(17-20)29(4,5)6)26(31)25-23-9-7-8-10-24(23)32-27(25)18-11-13-22(30)14-12-18/h7-17,30H,1-6H3. The summed E-state index contributed by atoms with van der Waals surface area (Å²) in [5.74, 6) is 0.634. The number of carbonyl (C=O) groups is 1. The van der Waals surface area contributed by atoms with Crippen LogP contribution in [0, 0.1) is 0 Å². The van der Waals surface area contributed by atoms with E-state index in [2.05, 4.69) is 47.6 Å². The van der Waals surface area contributed by atoms with Gasteiger partial charge in [-0.05, 0) is 64.4 Å². The first-order chi connectivity index (χ1) is 14.9. The first kappa shape index (κ1) is 21.9. The van der Waals surface area contributed by atoms with Crippen LogP contribution < -0.4 is 0 Å². The predicted octanol–water partition coefficient (Wildman–Crippen LogP) is 7.63. The molecule has 0 bridgehead atoms. The van der Waals surface area contributed by atoms with Crippen molar-refractivity contribution in [3.63, 3.8) is 0 Å². The minimum absolute atomic E-state index is 0.0605. The van der Waals surface area contributed by atoms with E-state index < -0.39 is 0 Å². The van der Waals surface area contributed by atoms with E-state index in [9.17, 15) is 9.90 Å². The third-order valence-electron chi connectivity index (χ3n) is 5.88. The lowest BCUT2D eigenvalue weighted by molar-refractivity contribution is 0.104. The summed E-state index contributed by atoms with van der Waals surface area (Å²) >= 11 is 0. The fraction of sp³-hybridized carbons (Fsp3) is 0.276. The van der Waals surface area contributed by atoms with E-state index >= 15 is 0 Å². The van der Waals surface area contributed by atoms with Crippen molar-refractivity contribution in [3.8, 4) is 17.1 Å². The van der Waals surface area contributed by atoms with Gasteiger partial charge in [0.15, 0.2) is 5.78 Å². The largest absolute Gasteiger partial charge is 0.508 e. The van der Waals surface area contributed by atoms with Crippen molar-refractivity contribution in [1.29, 1.82) is 0 Å². The van der Waals surface area contributed by atoms with Crippen molar-refractivity contribution in [1.82, 2.24) is 0 Å². The van der Waals surface area contributed by atoms with Gasteiger partial charge < -0.3 is 9.52 Å². The number of para-hydroxylation sites is 1. The highest BCUT2D eigenvalue weighted by Crippen LogP contribution is 2.37. The zero-order valence-corrected chi connectivity index (χ0v) is 19.6. The monoisotopic (exact) mass is 426 g/mol. The van der Waals surface area contributed by atoms with Crippen molar-refractivity contribution >= 4 is 16.8 Å². The number of aromatic hydroxyl groups is 1. The second-order valence-corrected chi connectivity index (χ2v) is 10.5. The van der Waals surface area contributed by atoms with Gasteiger partial charge >= 0.3 is 0 Å². The van der Waals surface area contributed by atoms with E-state index in [1.54, 1.807) is 24.3 Å². The Balaban J connectivity index is 1.97. The zero-order chi connectivity index (χ0) is 23.3. The van der Waals surface area contributed by atoms with Crippen molar-refractivity contribution in [3.05, 3.63) is 89.0 Å². The number of fused-ring (bicyclic) bond motifs is 1. The Hall–Kier alpha value is -3.33. The van der Waals surface area contributed by atoms with Gasteiger partial charge in [0.05, 0.1) is 5.56 Å². The minimum atomic E-state index is -0.0887. The maximum atomic E-state index is 14.0. The molecule has 1 heterocycles. The highest BCUT2D eigenvalue weighted by Gasteiger charge is 2.27. The van der Waals surface area contributed by atoms with E-state index in [4.69, 9.17) is 4.42 Å². The topological polar surface area (TPSA) is 50.4 Å². The summed E-state index contributed by atoms with van der Waals surface area (Å²) in [5, 5.41) is 10.5. The molecular formula is C29H30O3. The van der Waals surface area contributed by atoms with Crippen LogP contribution in [0.3, 0.4) is 0 Å².